The predicted octanol–water partition coefficient (Wildman–Crippen LogP) is 11.3. The number of nitrogens with zero attached hydrogens (tertiary/aromatic N) is 2. The average Bonchev–Trinajstić information content (AvgIpc) is 3.70. The minimum absolute atomic E-state index is 0.306. The normalized spacial score (nSPS) is 12.2. The summed E-state index contributed by atoms with van der Waals surface area (Å²) in [4.78, 5) is 5.38. The third-order valence-electron chi connectivity index (χ3n) is 10.3. The number of benzene rings is 6. The van der Waals surface area contributed by atoms with Gasteiger partial charge in [0, 0.05) is 10.8 Å². The molecule has 0 unspecified atom stereocenters. The maximum absolute atomic E-state index is 6.81. The molecular weight excluding hydrogens is 613 g/mol. The standard InChI is InChI=1S/C45H42N2OSi/c1-29(2)38-27-34(49(5,6)33-18-11-8-12-19-33)28-39(30(3)4)43(38)47-41-23-14-13-22-40(41)46-45(47)37-21-15-20-36-35-25-24-32(26-42(35)48-44(36)37)31-16-9-7-10-17-31/h7-30H,1-6H3. The molecule has 0 aliphatic heterocycles. The molecule has 0 aliphatic rings. The second-order valence-electron chi connectivity index (χ2n) is 14.4. The summed E-state index contributed by atoms with van der Waals surface area (Å²) in [6, 6.07) is 48.2. The van der Waals surface area contributed by atoms with E-state index in [1.807, 2.05) is 0 Å². The van der Waals surface area contributed by atoms with Crippen molar-refractivity contribution < 1.29 is 4.42 Å². The second kappa shape index (κ2) is 12.0. The number of aromatic nitrogens is 2. The first-order valence-corrected chi connectivity index (χ1v) is 20.4. The van der Waals surface area contributed by atoms with Crippen LogP contribution in [-0.4, -0.2) is 17.6 Å². The average molecular weight is 655 g/mol. The molecule has 2 heterocycles. The van der Waals surface area contributed by atoms with Crippen molar-refractivity contribution in [2.45, 2.75) is 52.6 Å². The molecule has 0 bridgehead atoms. The van der Waals surface area contributed by atoms with E-state index in [1.165, 1.54) is 32.8 Å². The first kappa shape index (κ1) is 31.1. The summed E-state index contributed by atoms with van der Waals surface area (Å²) in [6.45, 7) is 14.3. The number of para-hydroxylation sites is 3. The van der Waals surface area contributed by atoms with Gasteiger partial charge in [-0.05, 0) is 64.4 Å². The molecule has 2 aromatic heterocycles. The fourth-order valence-corrected chi connectivity index (χ4v) is 9.81. The Labute approximate surface area is 289 Å². The lowest BCUT2D eigenvalue weighted by molar-refractivity contribution is 0.669. The largest absolute Gasteiger partial charge is 0.455 e. The third kappa shape index (κ3) is 5.22. The summed E-state index contributed by atoms with van der Waals surface area (Å²) >= 11 is 0. The molecule has 0 saturated carbocycles. The molecule has 0 spiro atoms. The van der Waals surface area contributed by atoms with E-state index in [0.29, 0.717) is 11.8 Å². The van der Waals surface area contributed by atoms with Crippen LogP contribution in [-0.2, 0) is 0 Å². The van der Waals surface area contributed by atoms with Crippen molar-refractivity contribution in [3.05, 3.63) is 145 Å². The maximum Gasteiger partial charge on any atom is 0.149 e. The highest BCUT2D eigenvalue weighted by Crippen LogP contribution is 2.41. The summed E-state index contributed by atoms with van der Waals surface area (Å²) in [5.74, 6) is 1.52. The van der Waals surface area contributed by atoms with Crippen LogP contribution in [0.25, 0.3) is 61.2 Å². The Balaban J connectivity index is 1.40. The zero-order valence-electron chi connectivity index (χ0n) is 29.2. The van der Waals surface area contributed by atoms with E-state index in [-0.39, 0.29) is 0 Å². The molecule has 8 aromatic rings. The lowest BCUT2D eigenvalue weighted by atomic mass is 9.92. The van der Waals surface area contributed by atoms with Crippen molar-refractivity contribution in [1.82, 2.24) is 9.55 Å². The van der Waals surface area contributed by atoms with Crippen LogP contribution in [0.1, 0.15) is 50.7 Å². The number of hydrogen-bond acceptors (Lipinski definition) is 2. The van der Waals surface area contributed by atoms with Crippen molar-refractivity contribution in [3.63, 3.8) is 0 Å². The molecule has 3 nitrogen and oxygen atoms in total. The zero-order chi connectivity index (χ0) is 33.9. The number of hydrogen-bond donors (Lipinski definition) is 0. The number of furan rings is 1. The van der Waals surface area contributed by atoms with Crippen molar-refractivity contribution in [2.75, 3.05) is 0 Å². The zero-order valence-corrected chi connectivity index (χ0v) is 30.2. The minimum Gasteiger partial charge on any atom is -0.455 e. The summed E-state index contributed by atoms with van der Waals surface area (Å²) in [5.41, 5.74) is 11.1. The SMILES string of the molecule is CC(C)c1cc([Si](C)(C)c2ccccc2)cc(C(C)C)c1-n1c(-c2cccc3c2oc2cc(-c4ccccc4)ccc23)nc2ccccc21. The Hall–Kier alpha value is -5.19. The van der Waals surface area contributed by atoms with Gasteiger partial charge in [-0.3, -0.25) is 4.57 Å². The summed E-state index contributed by atoms with van der Waals surface area (Å²) in [5, 5.41) is 5.13. The minimum atomic E-state index is -1.97. The van der Waals surface area contributed by atoms with Gasteiger partial charge in [0.15, 0.2) is 0 Å². The van der Waals surface area contributed by atoms with Crippen LogP contribution < -0.4 is 10.4 Å². The van der Waals surface area contributed by atoms with E-state index in [1.54, 1.807) is 0 Å². The Morgan fingerprint density at radius 2 is 1.24 bits per heavy atom. The topological polar surface area (TPSA) is 31.0 Å². The van der Waals surface area contributed by atoms with Crippen LogP contribution >= 0.6 is 0 Å². The van der Waals surface area contributed by atoms with E-state index in [9.17, 15) is 0 Å². The molecule has 49 heavy (non-hydrogen) atoms. The van der Waals surface area contributed by atoms with Crippen LogP contribution in [0, 0.1) is 0 Å². The molecule has 0 aliphatic carbocycles. The Morgan fingerprint density at radius 3 is 1.94 bits per heavy atom. The summed E-state index contributed by atoms with van der Waals surface area (Å²) in [7, 11) is -1.97. The van der Waals surface area contributed by atoms with Crippen LogP contribution in [0.4, 0.5) is 0 Å². The molecule has 6 aromatic carbocycles. The fourth-order valence-electron chi connectivity index (χ4n) is 7.42. The van der Waals surface area contributed by atoms with E-state index >= 15 is 0 Å². The molecule has 0 radical (unpaired) electrons. The van der Waals surface area contributed by atoms with Crippen LogP contribution in [0.3, 0.4) is 0 Å². The summed E-state index contributed by atoms with van der Waals surface area (Å²) in [6.07, 6.45) is 0. The van der Waals surface area contributed by atoms with Gasteiger partial charge in [0.05, 0.1) is 22.3 Å². The van der Waals surface area contributed by atoms with Gasteiger partial charge in [-0.25, -0.2) is 4.98 Å². The smallest absolute Gasteiger partial charge is 0.149 e. The second-order valence-corrected chi connectivity index (χ2v) is 18.8. The first-order chi connectivity index (χ1) is 23.7. The highest BCUT2D eigenvalue weighted by molar-refractivity contribution is 7.00. The number of fused-ring (bicyclic) bond motifs is 4. The molecule has 0 amide bonds. The molecule has 0 N–H and O–H groups in total. The third-order valence-corrected chi connectivity index (χ3v) is 13.8. The quantitative estimate of drug-likeness (QED) is 0.160. The molecule has 0 saturated heterocycles. The Morgan fingerprint density at radius 1 is 0.592 bits per heavy atom. The van der Waals surface area contributed by atoms with Gasteiger partial charge in [-0.15, -0.1) is 0 Å². The number of rotatable bonds is 7. The van der Waals surface area contributed by atoms with E-state index < -0.39 is 8.07 Å². The van der Waals surface area contributed by atoms with Crippen LogP contribution in [0.2, 0.25) is 13.1 Å². The molecule has 8 rings (SSSR count). The van der Waals surface area contributed by atoms with Crippen molar-refractivity contribution in [3.8, 4) is 28.2 Å². The lowest BCUT2D eigenvalue weighted by Crippen LogP contribution is -2.53. The van der Waals surface area contributed by atoms with E-state index in [2.05, 4.69) is 179 Å². The van der Waals surface area contributed by atoms with Crippen molar-refractivity contribution >= 4 is 51.4 Å². The first-order valence-electron chi connectivity index (χ1n) is 17.4. The lowest BCUT2D eigenvalue weighted by Gasteiger charge is -2.29. The van der Waals surface area contributed by atoms with Gasteiger partial charge in [0.1, 0.15) is 25.1 Å². The fraction of sp³-hybridized carbons (Fsp3) is 0.178. The number of imidazole rings is 1. The molecular formula is C45H42N2OSi. The monoisotopic (exact) mass is 654 g/mol. The summed E-state index contributed by atoms with van der Waals surface area (Å²) < 4.78 is 9.24. The van der Waals surface area contributed by atoms with E-state index in [0.717, 1.165) is 49.9 Å². The van der Waals surface area contributed by atoms with E-state index in [4.69, 9.17) is 9.40 Å². The molecule has 242 valence electrons. The molecule has 4 heteroatoms. The Kier molecular flexibility index (Phi) is 7.65. The van der Waals surface area contributed by atoms with Crippen LogP contribution in [0.5, 0.6) is 0 Å². The maximum atomic E-state index is 6.81. The van der Waals surface area contributed by atoms with Gasteiger partial charge in [-0.1, -0.05) is 154 Å². The molecule has 0 fully saturated rings. The van der Waals surface area contributed by atoms with Crippen molar-refractivity contribution in [2.24, 2.45) is 0 Å². The van der Waals surface area contributed by atoms with Gasteiger partial charge in [-0.2, -0.15) is 0 Å². The van der Waals surface area contributed by atoms with Gasteiger partial charge < -0.3 is 4.42 Å². The predicted molar refractivity (Wildman–Crippen MR) is 211 cm³/mol. The van der Waals surface area contributed by atoms with Crippen molar-refractivity contribution in [1.29, 1.82) is 0 Å². The highest BCUT2D eigenvalue weighted by atomic mass is 28.3. The van der Waals surface area contributed by atoms with Gasteiger partial charge >= 0.3 is 0 Å². The highest BCUT2D eigenvalue weighted by Gasteiger charge is 2.31. The molecule has 0 atom stereocenters. The van der Waals surface area contributed by atoms with Crippen LogP contribution in [0.15, 0.2) is 138 Å². The van der Waals surface area contributed by atoms with Gasteiger partial charge in [0.2, 0.25) is 0 Å². The van der Waals surface area contributed by atoms with Gasteiger partial charge in [0.25, 0.3) is 0 Å². The Bertz CT molecular complexity index is 2440.